The zero-order valence-corrected chi connectivity index (χ0v) is 18.2. The number of imidazole rings is 1. The lowest BCUT2D eigenvalue weighted by molar-refractivity contribution is -0.131. The largest absolute Gasteiger partial charge is 0.493 e. The SMILES string of the molecule is CCC(=O)N1CCC[C@H]1c1nc2ccccc2n1CCCOc1cc(C)ccc1C. The first-order chi connectivity index (χ1) is 14.6. The maximum absolute atomic E-state index is 12.5. The van der Waals surface area contributed by atoms with Gasteiger partial charge < -0.3 is 14.2 Å². The fourth-order valence-electron chi connectivity index (χ4n) is 4.39. The Kier molecular flexibility index (Phi) is 6.07. The standard InChI is InChI=1S/C25H31N3O2/c1-4-24(29)27-14-7-11-22(27)25-26-20-9-5-6-10-21(20)28(25)15-8-16-30-23-17-18(2)12-13-19(23)3/h5-6,9-10,12-13,17,22H,4,7-8,11,14-16H2,1-3H3/t22-/m0/s1. The van der Waals surface area contributed by atoms with Gasteiger partial charge in [-0.3, -0.25) is 4.79 Å². The van der Waals surface area contributed by atoms with Crippen LogP contribution in [0.15, 0.2) is 42.5 Å². The maximum Gasteiger partial charge on any atom is 0.222 e. The van der Waals surface area contributed by atoms with E-state index in [1.807, 2.05) is 17.9 Å². The lowest BCUT2D eigenvalue weighted by Crippen LogP contribution is -2.31. The molecule has 0 N–H and O–H groups in total. The highest BCUT2D eigenvalue weighted by molar-refractivity contribution is 5.78. The van der Waals surface area contributed by atoms with Crippen molar-refractivity contribution in [3.05, 3.63) is 59.4 Å². The van der Waals surface area contributed by atoms with Gasteiger partial charge >= 0.3 is 0 Å². The van der Waals surface area contributed by atoms with Crippen molar-refractivity contribution in [2.45, 2.75) is 59.0 Å². The van der Waals surface area contributed by atoms with E-state index in [9.17, 15) is 4.79 Å². The predicted octanol–water partition coefficient (Wildman–Crippen LogP) is 5.20. The summed E-state index contributed by atoms with van der Waals surface area (Å²) >= 11 is 0. The molecule has 5 heteroatoms. The van der Waals surface area contributed by atoms with Crippen molar-refractivity contribution >= 4 is 16.9 Å². The summed E-state index contributed by atoms with van der Waals surface area (Å²) in [6, 6.07) is 14.6. The fourth-order valence-corrected chi connectivity index (χ4v) is 4.39. The molecule has 5 nitrogen and oxygen atoms in total. The summed E-state index contributed by atoms with van der Waals surface area (Å²) in [5.41, 5.74) is 4.50. The Balaban J connectivity index is 1.53. The molecule has 2 aromatic carbocycles. The highest BCUT2D eigenvalue weighted by Crippen LogP contribution is 2.34. The van der Waals surface area contributed by atoms with E-state index in [4.69, 9.17) is 9.72 Å². The van der Waals surface area contributed by atoms with Gasteiger partial charge in [0.25, 0.3) is 0 Å². The van der Waals surface area contributed by atoms with Gasteiger partial charge in [0.15, 0.2) is 0 Å². The van der Waals surface area contributed by atoms with Crippen LogP contribution in [-0.2, 0) is 11.3 Å². The molecule has 1 fully saturated rings. The van der Waals surface area contributed by atoms with Gasteiger partial charge in [0.2, 0.25) is 5.91 Å². The first kappa shape index (κ1) is 20.5. The monoisotopic (exact) mass is 405 g/mol. The van der Waals surface area contributed by atoms with E-state index in [2.05, 4.69) is 54.8 Å². The van der Waals surface area contributed by atoms with E-state index in [1.165, 1.54) is 5.56 Å². The second-order valence-corrected chi connectivity index (χ2v) is 8.18. The van der Waals surface area contributed by atoms with Crippen LogP contribution in [-0.4, -0.2) is 33.5 Å². The van der Waals surface area contributed by atoms with Crippen LogP contribution in [0.1, 0.15) is 55.6 Å². The Morgan fingerprint density at radius 3 is 2.87 bits per heavy atom. The Morgan fingerprint density at radius 2 is 2.03 bits per heavy atom. The predicted molar refractivity (Wildman–Crippen MR) is 120 cm³/mol. The van der Waals surface area contributed by atoms with Crippen molar-refractivity contribution in [2.75, 3.05) is 13.2 Å². The second-order valence-electron chi connectivity index (χ2n) is 8.18. The van der Waals surface area contributed by atoms with Crippen molar-refractivity contribution in [1.82, 2.24) is 14.5 Å². The summed E-state index contributed by atoms with van der Waals surface area (Å²) in [6.07, 6.45) is 3.44. The maximum atomic E-state index is 12.5. The van der Waals surface area contributed by atoms with Crippen LogP contribution in [0.3, 0.4) is 0 Å². The Bertz CT molecular complexity index is 1040. The number of hydrogen-bond acceptors (Lipinski definition) is 3. The molecule has 1 atom stereocenters. The fraction of sp³-hybridized carbons (Fsp3) is 0.440. The molecule has 0 saturated carbocycles. The average Bonchev–Trinajstić information content (AvgIpc) is 3.37. The number of aryl methyl sites for hydroxylation is 3. The van der Waals surface area contributed by atoms with Crippen LogP contribution in [0.4, 0.5) is 0 Å². The number of nitrogens with zero attached hydrogens (tertiary/aromatic N) is 3. The highest BCUT2D eigenvalue weighted by Gasteiger charge is 2.32. The number of amides is 1. The zero-order chi connectivity index (χ0) is 21.1. The number of benzene rings is 2. The highest BCUT2D eigenvalue weighted by atomic mass is 16.5. The minimum atomic E-state index is 0.0739. The van der Waals surface area contributed by atoms with Gasteiger partial charge in [-0.1, -0.05) is 31.2 Å². The van der Waals surface area contributed by atoms with Gasteiger partial charge in [0, 0.05) is 19.5 Å². The van der Waals surface area contributed by atoms with Crippen molar-refractivity contribution < 1.29 is 9.53 Å². The summed E-state index contributed by atoms with van der Waals surface area (Å²) in [5.74, 6) is 2.19. The molecule has 0 unspecified atom stereocenters. The minimum Gasteiger partial charge on any atom is -0.493 e. The summed E-state index contributed by atoms with van der Waals surface area (Å²) in [5, 5.41) is 0. The molecule has 30 heavy (non-hydrogen) atoms. The number of hydrogen-bond donors (Lipinski definition) is 0. The van der Waals surface area contributed by atoms with Crippen molar-refractivity contribution in [1.29, 1.82) is 0 Å². The summed E-state index contributed by atoms with van der Waals surface area (Å²) in [7, 11) is 0. The van der Waals surface area contributed by atoms with Gasteiger partial charge in [0.1, 0.15) is 11.6 Å². The third kappa shape index (κ3) is 4.07. The first-order valence-corrected chi connectivity index (χ1v) is 11.0. The summed E-state index contributed by atoms with van der Waals surface area (Å²) in [4.78, 5) is 19.4. The molecular formula is C25H31N3O2. The molecule has 1 aliphatic heterocycles. The molecular weight excluding hydrogens is 374 g/mol. The van der Waals surface area contributed by atoms with Crippen molar-refractivity contribution in [3.63, 3.8) is 0 Å². The average molecular weight is 406 g/mol. The molecule has 1 aliphatic rings. The van der Waals surface area contributed by atoms with Gasteiger partial charge in [-0.25, -0.2) is 4.98 Å². The third-order valence-electron chi connectivity index (χ3n) is 5.98. The number of ether oxygens (including phenoxy) is 1. The Labute approximate surface area is 178 Å². The summed E-state index contributed by atoms with van der Waals surface area (Å²) < 4.78 is 8.37. The van der Waals surface area contributed by atoms with Crippen molar-refractivity contribution in [2.24, 2.45) is 0 Å². The van der Waals surface area contributed by atoms with Crippen LogP contribution < -0.4 is 4.74 Å². The third-order valence-corrected chi connectivity index (χ3v) is 5.98. The molecule has 3 aromatic rings. The van der Waals surface area contributed by atoms with Gasteiger partial charge in [-0.05, 0) is 62.4 Å². The molecule has 2 heterocycles. The number of carbonyl (C=O) groups excluding carboxylic acids is 1. The first-order valence-electron chi connectivity index (χ1n) is 11.0. The van der Waals surface area contributed by atoms with Crippen LogP contribution in [0, 0.1) is 13.8 Å². The number of aromatic nitrogens is 2. The number of likely N-dealkylation sites (tertiary alicyclic amines) is 1. The smallest absolute Gasteiger partial charge is 0.222 e. The van der Waals surface area contributed by atoms with E-state index in [-0.39, 0.29) is 11.9 Å². The number of fused-ring (bicyclic) bond motifs is 1. The molecule has 4 rings (SSSR count). The van der Waals surface area contributed by atoms with E-state index < -0.39 is 0 Å². The molecule has 0 radical (unpaired) electrons. The van der Waals surface area contributed by atoms with Crippen LogP contribution in [0.5, 0.6) is 5.75 Å². The van der Waals surface area contributed by atoms with Crippen LogP contribution in [0.25, 0.3) is 11.0 Å². The molecule has 1 saturated heterocycles. The lowest BCUT2D eigenvalue weighted by Gasteiger charge is -2.25. The number of carbonyl (C=O) groups is 1. The minimum absolute atomic E-state index is 0.0739. The molecule has 0 bridgehead atoms. The van der Waals surface area contributed by atoms with Crippen LogP contribution in [0.2, 0.25) is 0 Å². The van der Waals surface area contributed by atoms with Gasteiger partial charge in [0.05, 0.1) is 23.7 Å². The van der Waals surface area contributed by atoms with E-state index in [0.29, 0.717) is 13.0 Å². The molecule has 1 aromatic heterocycles. The number of para-hydroxylation sites is 2. The lowest BCUT2D eigenvalue weighted by atomic mass is 10.1. The topological polar surface area (TPSA) is 47.4 Å². The normalized spacial score (nSPS) is 16.4. The van der Waals surface area contributed by atoms with Gasteiger partial charge in [-0.2, -0.15) is 0 Å². The van der Waals surface area contributed by atoms with Crippen LogP contribution >= 0.6 is 0 Å². The molecule has 0 spiro atoms. The van der Waals surface area contributed by atoms with Crippen molar-refractivity contribution in [3.8, 4) is 5.75 Å². The molecule has 0 aliphatic carbocycles. The quantitative estimate of drug-likeness (QED) is 0.508. The number of rotatable bonds is 7. The van der Waals surface area contributed by atoms with E-state index in [1.54, 1.807) is 0 Å². The van der Waals surface area contributed by atoms with E-state index in [0.717, 1.165) is 60.5 Å². The Morgan fingerprint density at radius 1 is 1.20 bits per heavy atom. The van der Waals surface area contributed by atoms with Gasteiger partial charge in [-0.15, -0.1) is 0 Å². The zero-order valence-electron chi connectivity index (χ0n) is 18.2. The molecule has 158 valence electrons. The molecule has 1 amide bonds. The second kappa shape index (κ2) is 8.90. The summed E-state index contributed by atoms with van der Waals surface area (Å²) in [6.45, 7) is 8.41. The van der Waals surface area contributed by atoms with E-state index >= 15 is 0 Å². The Hall–Kier alpha value is -2.82.